The standard InChI is InChI=1S/C10H14N4O/c1-4-7(2)9-12-13-10(15-9)8-5-14(3)6-11-8/h5-7H,4H2,1-3H3. The molecule has 0 aromatic carbocycles. The molecule has 0 aliphatic heterocycles. The van der Waals surface area contributed by atoms with E-state index in [0.29, 0.717) is 17.7 Å². The summed E-state index contributed by atoms with van der Waals surface area (Å²) in [5, 5.41) is 7.98. The third-order valence-corrected chi connectivity index (χ3v) is 2.40. The number of aromatic nitrogens is 4. The van der Waals surface area contributed by atoms with Gasteiger partial charge in [0.1, 0.15) is 5.69 Å². The Kier molecular flexibility index (Phi) is 2.53. The Labute approximate surface area is 88.2 Å². The fourth-order valence-electron chi connectivity index (χ4n) is 1.24. The van der Waals surface area contributed by atoms with Crippen molar-refractivity contribution < 1.29 is 4.42 Å². The number of aryl methyl sites for hydroxylation is 1. The van der Waals surface area contributed by atoms with Crippen LogP contribution < -0.4 is 0 Å². The molecule has 2 heterocycles. The van der Waals surface area contributed by atoms with Crippen LogP contribution in [0.4, 0.5) is 0 Å². The lowest BCUT2D eigenvalue weighted by Gasteiger charge is -1.99. The van der Waals surface area contributed by atoms with Gasteiger partial charge in [-0.3, -0.25) is 0 Å². The molecule has 0 saturated carbocycles. The summed E-state index contributed by atoms with van der Waals surface area (Å²) in [5.41, 5.74) is 0.722. The van der Waals surface area contributed by atoms with Crippen molar-refractivity contribution in [3.05, 3.63) is 18.4 Å². The molecule has 0 N–H and O–H groups in total. The lowest BCUT2D eigenvalue weighted by Crippen LogP contribution is -1.90. The quantitative estimate of drug-likeness (QED) is 0.770. The minimum Gasteiger partial charge on any atom is -0.419 e. The van der Waals surface area contributed by atoms with Crippen LogP contribution in [0.2, 0.25) is 0 Å². The highest BCUT2D eigenvalue weighted by Crippen LogP contribution is 2.21. The highest BCUT2D eigenvalue weighted by atomic mass is 16.4. The van der Waals surface area contributed by atoms with Crippen LogP contribution >= 0.6 is 0 Å². The van der Waals surface area contributed by atoms with Crippen LogP contribution in [0, 0.1) is 0 Å². The maximum absolute atomic E-state index is 5.54. The monoisotopic (exact) mass is 206 g/mol. The molecule has 15 heavy (non-hydrogen) atoms. The zero-order valence-electron chi connectivity index (χ0n) is 9.14. The van der Waals surface area contributed by atoms with Crippen molar-refractivity contribution in [1.82, 2.24) is 19.7 Å². The molecule has 0 aliphatic rings. The van der Waals surface area contributed by atoms with Crippen molar-refractivity contribution in [2.24, 2.45) is 7.05 Å². The first kappa shape index (κ1) is 9.89. The van der Waals surface area contributed by atoms with Crippen LogP contribution in [0.3, 0.4) is 0 Å². The molecule has 5 heteroatoms. The van der Waals surface area contributed by atoms with Crippen molar-refractivity contribution in [2.75, 3.05) is 0 Å². The van der Waals surface area contributed by atoms with E-state index in [1.54, 1.807) is 6.33 Å². The lowest BCUT2D eigenvalue weighted by atomic mass is 10.1. The van der Waals surface area contributed by atoms with Crippen LogP contribution in [0.15, 0.2) is 16.9 Å². The van der Waals surface area contributed by atoms with Gasteiger partial charge >= 0.3 is 0 Å². The van der Waals surface area contributed by atoms with Gasteiger partial charge in [0.05, 0.1) is 6.33 Å². The predicted octanol–water partition coefficient (Wildman–Crippen LogP) is 1.98. The molecule has 0 bridgehead atoms. The summed E-state index contributed by atoms with van der Waals surface area (Å²) in [7, 11) is 1.91. The van der Waals surface area contributed by atoms with Gasteiger partial charge in [0.25, 0.3) is 5.89 Å². The van der Waals surface area contributed by atoms with Crippen molar-refractivity contribution >= 4 is 0 Å². The Hall–Kier alpha value is -1.65. The van der Waals surface area contributed by atoms with Gasteiger partial charge in [-0.25, -0.2) is 4.98 Å². The number of rotatable bonds is 3. The molecule has 0 fully saturated rings. The highest BCUT2D eigenvalue weighted by molar-refractivity contribution is 5.43. The van der Waals surface area contributed by atoms with E-state index in [-0.39, 0.29) is 0 Å². The Bertz CT molecular complexity index is 446. The lowest BCUT2D eigenvalue weighted by molar-refractivity contribution is 0.461. The third kappa shape index (κ3) is 1.91. The molecule has 1 unspecified atom stereocenters. The van der Waals surface area contributed by atoms with Gasteiger partial charge in [0, 0.05) is 19.2 Å². The van der Waals surface area contributed by atoms with Gasteiger partial charge in [-0.1, -0.05) is 13.8 Å². The number of hydrogen-bond donors (Lipinski definition) is 0. The average molecular weight is 206 g/mol. The Morgan fingerprint density at radius 1 is 1.47 bits per heavy atom. The van der Waals surface area contributed by atoms with E-state index in [9.17, 15) is 0 Å². The van der Waals surface area contributed by atoms with Gasteiger partial charge in [-0.2, -0.15) is 0 Å². The van der Waals surface area contributed by atoms with E-state index >= 15 is 0 Å². The van der Waals surface area contributed by atoms with Crippen molar-refractivity contribution in [2.45, 2.75) is 26.2 Å². The molecule has 2 aromatic rings. The van der Waals surface area contributed by atoms with Crippen LogP contribution in [0.1, 0.15) is 32.1 Å². The van der Waals surface area contributed by atoms with Crippen LogP contribution in [-0.2, 0) is 7.05 Å². The number of hydrogen-bond acceptors (Lipinski definition) is 4. The number of nitrogens with zero attached hydrogens (tertiary/aromatic N) is 4. The van der Waals surface area contributed by atoms with Gasteiger partial charge in [0.15, 0.2) is 0 Å². The van der Waals surface area contributed by atoms with Gasteiger partial charge < -0.3 is 8.98 Å². The molecular weight excluding hydrogens is 192 g/mol. The maximum Gasteiger partial charge on any atom is 0.267 e. The van der Waals surface area contributed by atoms with Crippen LogP contribution in [0.5, 0.6) is 0 Å². The van der Waals surface area contributed by atoms with E-state index in [0.717, 1.165) is 12.1 Å². The van der Waals surface area contributed by atoms with Crippen LogP contribution in [0.25, 0.3) is 11.6 Å². The largest absolute Gasteiger partial charge is 0.419 e. The van der Waals surface area contributed by atoms with Gasteiger partial charge in [-0.15, -0.1) is 10.2 Å². The first-order valence-corrected chi connectivity index (χ1v) is 5.02. The molecule has 0 aliphatic carbocycles. The average Bonchev–Trinajstić information content (AvgIpc) is 2.84. The maximum atomic E-state index is 5.54. The zero-order chi connectivity index (χ0) is 10.8. The summed E-state index contributed by atoms with van der Waals surface area (Å²) >= 11 is 0. The normalized spacial score (nSPS) is 13.0. The Balaban J connectivity index is 2.27. The van der Waals surface area contributed by atoms with E-state index in [2.05, 4.69) is 29.0 Å². The SMILES string of the molecule is CCC(C)c1nnc(-c2cn(C)cn2)o1. The van der Waals surface area contributed by atoms with E-state index in [4.69, 9.17) is 4.42 Å². The van der Waals surface area contributed by atoms with E-state index < -0.39 is 0 Å². The minimum atomic E-state index is 0.301. The minimum absolute atomic E-state index is 0.301. The first-order chi connectivity index (χ1) is 7.20. The van der Waals surface area contributed by atoms with E-state index in [1.165, 1.54) is 0 Å². The number of imidazole rings is 1. The smallest absolute Gasteiger partial charge is 0.267 e. The molecule has 2 aromatic heterocycles. The summed E-state index contributed by atoms with van der Waals surface area (Å²) in [6, 6.07) is 0. The predicted molar refractivity (Wildman–Crippen MR) is 55.2 cm³/mol. The van der Waals surface area contributed by atoms with Crippen molar-refractivity contribution in [3.8, 4) is 11.6 Å². The molecule has 0 spiro atoms. The van der Waals surface area contributed by atoms with Crippen molar-refractivity contribution in [3.63, 3.8) is 0 Å². The second kappa shape index (κ2) is 3.84. The molecule has 5 nitrogen and oxygen atoms in total. The summed E-state index contributed by atoms with van der Waals surface area (Å²) in [5.74, 6) is 1.47. The first-order valence-electron chi connectivity index (χ1n) is 5.02. The van der Waals surface area contributed by atoms with Gasteiger partial charge in [-0.05, 0) is 6.42 Å². The van der Waals surface area contributed by atoms with E-state index in [1.807, 2.05) is 17.8 Å². The molecular formula is C10H14N4O. The second-order valence-electron chi connectivity index (χ2n) is 3.68. The zero-order valence-corrected chi connectivity index (χ0v) is 9.14. The van der Waals surface area contributed by atoms with Crippen LogP contribution in [-0.4, -0.2) is 19.7 Å². The summed E-state index contributed by atoms with van der Waals surface area (Å²) in [6.07, 6.45) is 4.56. The highest BCUT2D eigenvalue weighted by Gasteiger charge is 2.14. The molecule has 2 rings (SSSR count). The topological polar surface area (TPSA) is 56.7 Å². The third-order valence-electron chi connectivity index (χ3n) is 2.40. The molecule has 0 radical (unpaired) electrons. The van der Waals surface area contributed by atoms with Crippen molar-refractivity contribution in [1.29, 1.82) is 0 Å². The Morgan fingerprint density at radius 3 is 2.87 bits per heavy atom. The molecule has 0 amide bonds. The summed E-state index contributed by atoms with van der Waals surface area (Å²) < 4.78 is 7.39. The van der Waals surface area contributed by atoms with Gasteiger partial charge in [0.2, 0.25) is 5.89 Å². The molecule has 1 atom stereocenters. The molecule has 80 valence electrons. The fourth-order valence-corrected chi connectivity index (χ4v) is 1.24. The summed E-state index contributed by atoms with van der Waals surface area (Å²) in [6.45, 7) is 4.16. The molecule has 0 saturated heterocycles. The fraction of sp³-hybridized carbons (Fsp3) is 0.500. The summed E-state index contributed by atoms with van der Waals surface area (Å²) in [4.78, 5) is 4.15. The Morgan fingerprint density at radius 2 is 2.27 bits per heavy atom. The second-order valence-corrected chi connectivity index (χ2v) is 3.68.